The third-order valence-corrected chi connectivity index (χ3v) is 7.43. The second kappa shape index (κ2) is 12.0. The lowest BCUT2D eigenvalue weighted by atomic mass is 10.1. The van der Waals surface area contributed by atoms with Crippen LogP contribution >= 0.6 is 0 Å². The highest BCUT2D eigenvalue weighted by Crippen LogP contribution is 2.23. The molecule has 5 rings (SSSR count). The van der Waals surface area contributed by atoms with Crippen LogP contribution in [0, 0.1) is 5.82 Å². The zero-order valence-electron chi connectivity index (χ0n) is 22.3. The fourth-order valence-corrected chi connectivity index (χ4v) is 4.78. The number of piperazine rings is 1. The molecule has 4 heterocycles. The van der Waals surface area contributed by atoms with Crippen LogP contribution in [0.5, 0.6) is 0 Å². The molecule has 1 amide bonds. The molecule has 1 atom stereocenters. The highest BCUT2D eigenvalue weighted by Gasteiger charge is 2.22. The van der Waals surface area contributed by atoms with E-state index in [9.17, 15) is 13.4 Å². The molecule has 15 heteroatoms. The van der Waals surface area contributed by atoms with Crippen molar-refractivity contribution in [2.45, 2.75) is 0 Å². The SMILES string of the molecule is CN(CCN1CCN(c2ccc(C(=O)NCC[S@](C)=O)cc2F)CC1)c1nc(N)n2nc(-c3ccco3)nc2n1. The molecule has 4 aromatic rings. The first kappa shape index (κ1) is 27.5. The van der Waals surface area contributed by atoms with Gasteiger partial charge < -0.3 is 25.3 Å². The van der Waals surface area contributed by atoms with Crippen LogP contribution in [-0.4, -0.2) is 104 Å². The number of hydrogen-bond acceptors (Lipinski definition) is 11. The molecule has 0 unspecified atom stereocenters. The molecule has 3 aromatic heterocycles. The number of aromatic nitrogens is 5. The van der Waals surface area contributed by atoms with Gasteiger partial charge in [-0.25, -0.2) is 4.39 Å². The van der Waals surface area contributed by atoms with Crippen molar-refractivity contribution in [1.82, 2.24) is 34.8 Å². The number of fused-ring (bicyclic) bond motifs is 1. The first-order chi connectivity index (χ1) is 19.3. The average Bonchev–Trinajstić information content (AvgIpc) is 3.62. The summed E-state index contributed by atoms with van der Waals surface area (Å²) in [5.41, 5.74) is 6.83. The summed E-state index contributed by atoms with van der Waals surface area (Å²) < 4.78 is 32.8. The average molecular weight is 571 g/mol. The fourth-order valence-electron chi connectivity index (χ4n) is 4.39. The number of nitrogens with two attached hydrogens (primary N) is 1. The zero-order valence-corrected chi connectivity index (χ0v) is 23.1. The third-order valence-electron chi connectivity index (χ3n) is 6.65. The first-order valence-electron chi connectivity index (χ1n) is 12.8. The summed E-state index contributed by atoms with van der Waals surface area (Å²) in [6.45, 7) is 4.50. The fraction of sp³-hybridized carbons (Fsp3) is 0.400. The number of likely N-dealkylation sites (N-methyl/N-ethyl adjacent to an activating group) is 1. The van der Waals surface area contributed by atoms with Gasteiger partial charge in [-0.15, -0.1) is 5.10 Å². The second-order valence-corrected chi connectivity index (χ2v) is 11.0. The maximum absolute atomic E-state index is 14.9. The summed E-state index contributed by atoms with van der Waals surface area (Å²) in [6, 6.07) is 8.03. The first-order valence-corrected chi connectivity index (χ1v) is 14.5. The molecule has 0 aliphatic carbocycles. The van der Waals surface area contributed by atoms with Crippen LogP contribution in [0.2, 0.25) is 0 Å². The van der Waals surface area contributed by atoms with E-state index >= 15 is 0 Å². The van der Waals surface area contributed by atoms with E-state index in [1.54, 1.807) is 36.8 Å². The van der Waals surface area contributed by atoms with Crippen molar-refractivity contribution >= 4 is 40.1 Å². The van der Waals surface area contributed by atoms with Gasteiger partial charge >= 0.3 is 0 Å². The van der Waals surface area contributed by atoms with Crippen LogP contribution in [0.1, 0.15) is 10.4 Å². The monoisotopic (exact) mass is 570 g/mol. The number of rotatable bonds is 10. The number of hydrogen-bond donors (Lipinski definition) is 2. The topological polar surface area (TPSA) is 151 Å². The van der Waals surface area contributed by atoms with Crippen molar-refractivity contribution in [2.75, 3.05) is 80.4 Å². The van der Waals surface area contributed by atoms with Gasteiger partial charge in [-0.3, -0.25) is 13.9 Å². The number of nitrogens with one attached hydrogen (secondary N) is 1. The minimum absolute atomic E-state index is 0.175. The maximum atomic E-state index is 14.9. The highest BCUT2D eigenvalue weighted by molar-refractivity contribution is 7.84. The van der Waals surface area contributed by atoms with Crippen molar-refractivity contribution < 1.29 is 17.8 Å². The molecule has 1 fully saturated rings. The van der Waals surface area contributed by atoms with Crippen LogP contribution in [-0.2, 0) is 10.8 Å². The lowest BCUT2D eigenvalue weighted by molar-refractivity contribution is 0.0955. The Labute approximate surface area is 232 Å². The van der Waals surface area contributed by atoms with E-state index in [0.29, 0.717) is 54.4 Å². The predicted octanol–water partition coefficient (Wildman–Crippen LogP) is 0.867. The molecule has 40 heavy (non-hydrogen) atoms. The smallest absolute Gasteiger partial charge is 0.259 e. The van der Waals surface area contributed by atoms with Crippen LogP contribution < -0.4 is 20.9 Å². The number of nitrogen functional groups attached to an aromatic ring is 1. The van der Waals surface area contributed by atoms with Crippen LogP contribution in [0.15, 0.2) is 41.0 Å². The minimum Gasteiger partial charge on any atom is -0.461 e. The number of carbonyl (C=O) groups excluding carboxylic acids is 1. The van der Waals surface area contributed by atoms with Gasteiger partial charge in [0, 0.05) is 81.2 Å². The molecule has 212 valence electrons. The molecular formula is C25H31FN10O3S. The van der Waals surface area contributed by atoms with Gasteiger partial charge in [-0.05, 0) is 30.3 Å². The molecule has 0 spiro atoms. The number of furan rings is 1. The van der Waals surface area contributed by atoms with E-state index in [1.165, 1.54) is 10.6 Å². The third kappa shape index (κ3) is 6.20. The molecule has 0 bridgehead atoms. The van der Waals surface area contributed by atoms with Crippen LogP contribution in [0.3, 0.4) is 0 Å². The van der Waals surface area contributed by atoms with Gasteiger partial charge in [0.05, 0.1) is 12.0 Å². The standard InChI is InChI=1S/C25H31FN10O3S/c1-33(24-30-23(27)36-25(31-24)29-21(32-36)20-4-3-14-39-20)8-9-34-10-12-35(13-11-34)19-6-5-17(16-18(19)26)22(37)28-7-15-40(2)38/h3-6,14,16H,7-13,15H2,1-2H3,(H,28,37)(H2,27,29,30,31,32)/t40-/m0/s1. The summed E-state index contributed by atoms with van der Waals surface area (Å²) in [7, 11) is 0.890. The molecule has 1 saturated heterocycles. The summed E-state index contributed by atoms with van der Waals surface area (Å²) in [4.78, 5) is 31.7. The predicted molar refractivity (Wildman–Crippen MR) is 150 cm³/mol. The Morgan fingerprint density at radius 1 is 1.20 bits per heavy atom. The lowest BCUT2D eigenvalue weighted by Gasteiger charge is -2.36. The maximum Gasteiger partial charge on any atom is 0.259 e. The molecule has 1 aromatic carbocycles. The Kier molecular flexibility index (Phi) is 8.21. The van der Waals surface area contributed by atoms with Crippen LogP contribution in [0.4, 0.5) is 22.0 Å². The van der Waals surface area contributed by atoms with E-state index in [1.807, 2.05) is 16.8 Å². The van der Waals surface area contributed by atoms with Gasteiger partial charge in [-0.2, -0.15) is 19.5 Å². The Morgan fingerprint density at radius 3 is 2.70 bits per heavy atom. The largest absolute Gasteiger partial charge is 0.461 e. The quantitative estimate of drug-likeness (QED) is 0.279. The van der Waals surface area contributed by atoms with E-state index in [2.05, 4.69) is 30.3 Å². The van der Waals surface area contributed by atoms with E-state index in [4.69, 9.17) is 10.2 Å². The van der Waals surface area contributed by atoms with Gasteiger partial charge in [0.15, 0.2) is 5.76 Å². The van der Waals surface area contributed by atoms with Gasteiger partial charge in [0.1, 0.15) is 5.82 Å². The summed E-state index contributed by atoms with van der Waals surface area (Å²) in [5.74, 6) is 1.39. The highest BCUT2D eigenvalue weighted by atomic mass is 32.2. The van der Waals surface area contributed by atoms with Crippen molar-refractivity contribution in [2.24, 2.45) is 0 Å². The van der Waals surface area contributed by atoms with Crippen LogP contribution in [0.25, 0.3) is 17.4 Å². The Balaban J connectivity index is 1.13. The number of halogens is 1. The molecule has 0 saturated carbocycles. The van der Waals surface area contributed by atoms with Crippen molar-refractivity contribution in [1.29, 1.82) is 0 Å². The number of amides is 1. The van der Waals surface area contributed by atoms with Crippen molar-refractivity contribution in [3.05, 3.63) is 48.0 Å². The summed E-state index contributed by atoms with van der Waals surface area (Å²) in [6.07, 6.45) is 3.12. The number of nitrogens with zero attached hydrogens (tertiary/aromatic N) is 8. The Bertz CT molecular complexity index is 1500. The number of benzene rings is 1. The minimum atomic E-state index is -0.999. The Morgan fingerprint density at radius 2 is 2.00 bits per heavy atom. The molecule has 1 aliphatic heterocycles. The van der Waals surface area contributed by atoms with Crippen molar-refractivity contribution in [3.8, 4) is 11.6 Å². The number of carbonyl (C=O) groups is 1. The summed E-state index contributed by atoms with van der Waals surface area (Å²) >= 11 is 0. The van der Waals surface area contributed by atoms with E-state index in [-0.39, 0.29) is 24.0 Å². The number of anilines is 3. The van der Waals surface area contributed by atoms with Gasteiger partial charge in [0.25, 0.3) is 11.7 Å². The second-order valence-electron chi connectivity index (χ2n) is 9.46. The van der Waals surface area contributed by atoms with Gasteiger partial charge in [0.2, 0.25) is 17.7 Å². The van der Waals surface area contributed by atoms with Gasteiger partial charge in [-0.1, -0.05) is 0 Å². The van der Waals surface area contributed by atoms with E-state index < -0.39 is 16.6 Å². The van der Waals surface area contributed by atoms with E-state index in [0.717, 1.165) is 19.6 Å². The summed E-state index contributed by atoms with van der Waals surface area (Å²) in [5, 5.41) is 6.98. The molecule has 13 nitrogen and oxygen atoms in total. The lowest BCUT2D eigenvalue weighted by Crippen LogP contribution is -2.48. The van der Waals surface area contributed by atoms with Crippen molar-refractivity contribution in [3.63, 3.8) is 0 Å². The molecule has 0 radical (unpaired) electrons. The molecule has 3 N–H and O–H groups in total. The Hall–Kier alpha value is -4.11. The normalized spacial score (nSPS) is 14.9. The molecular weight excluding hydrogens is 539 g/mol. The molecule has 1 aliphatic rings. The zero-order chi connectivity index (χ0) is 28.2.